The van der Waals surface area contributed by atoms with Crippen molar-refractivity contribution in [3.05, 3.63) is 59.4 Å². The highest BCUT2D eigenvalue weighted by molar-refractivity contribution is 5.47. The van der Waals surface area contributed by atoms with Crippen LogP contribution in [0, 0.1) is 0 Å². The van der Waals surface area contributed by atoms with Crippen molar-refractivity contribution in [3.8, 4) is 0 Å². The molecule has 21 heavy (non-hydrogen) atoms. The summed E-state index contributed by atoms with van der Waals surface area (Å²) in [5, 5.41) is 9.83. The molecule has 0 aliphatic carbocycles. The van der Waals surface area contributed by atoms with Gasteiger partial charge in [-0.15, -0.1) is 0 Å². The number of aliphatic hydroxyl groups excluding tert-OH is 1. The Bertz CT molecular complexity index is 594. The lowest BCUT2D eigenvalue weighted by atomic mass is 10.0. The van der Waals surface area contributed by atoms with Crippen LogP contribution in [0.25, 0.3) is 0 Å². The number of nitrogens with zero attached hydrogens (tertiary/aromatic N) is 2. The summed E-state index contributed by atoms with van der Waals surface area (Å²) < 4.78 is 0. The molecule has 0 spiro atoms. The number of aryl methyl sites for hydroxylation is 1. The van der Waals surface area contributed by atoms with E-state index in [-0.39, 0.29) is 0 Å². The van der Waals surface area contributed by atoms with Crippen LogP contribution >= 0.6 is 0 Å². The van der Waals surface area contributed by atoms with Gasteiger partial charge in [0.25, 0.3) is 0 Å². The maximum Gasteiger partial charge on any atom is 0.0957 e. The monoisotopic (exact) mass is 282 g/mol. The van der Waals surface area contributed by atoms with Crippen LogP contribution < -0.4 is 4.90 Å². The summed E-state index contributed by atoms with van der Waals surface area (Å²) in [6.45, 7) is 3.95. The molecule has 2 heterocycles. The molecule has 1 N–H and O–H groups in total. The third-order valence-electron chi connectivity index (χ3n) is 4.22. The molecule has 1 atom stereocenters. The second-order valence-electron chi connectivity index (χ2n) is 5.66. The Morgan fingerprint density at radius 3 is 2.71 bits per heavy atom. The second kappa shape index (κ2) is 6.27. The smallest absolute Gasteiger partial charge is 0.0957 e. The van der Waals surface area contributed by atoms with Crippen LogP contribution in [0.15, 0.2) is 42.6 Å². The van der Waals surface area contributed by atoms with Gasteiger partial charge in [-0.1, -0.05) is 31.2 Å². The summed E-state index contributed by atoms with van der Waals surface area (Å²) in [5.41, 5.74) is 4.77. The number of anilines is 1. The summed E-state index contributed by atoms with van der Waals surface area (Å²) >= 11 is 0. The summed E-state index contributed by atoms with van der Waals surface area (Å²) in [6, 6.07) is 12.7. The van der Waals surface area contributed by atoms with Crippen molar-refractivity contribution in [2.24, 2.45) is 0 Å². The van der Waals surface area contributed by atoms with Crippen molar-refractivity contribution in [3.63, 3.8) is 0 Å². The fourth-order valence-corrected chi connectivity index (χ4v) is 2.91. The highest BCUT2D eigenvalue weighted by atomic mass is 16.3. The Hall–Kier alpha value is -1.87. The first-order chi connectivity index (χ1) is 10.3. The Labute approximate surface area is 126 Å². The number of hydrogen-bond donors (Lipinski definition) is 1. The Morgan fingerprint density at radius 1 is 1.19 bits per heavy atom. The van der Waals surface area contributed by atoms with E-state index in [2.05, 4.69) is 40.2 Å². The van der Waals surface area contributed by atoms with Crippen LogP contribution in [0.4, 0.5) is 5.69 Å². The zero-order valence-electron chi connectivity index (χ0n) is 12.5. The van der Waals surface area contributed by atoms with Crippen LogP contribution in [-0.2, 0) is 13.0 Å². The first-order valence-electron chi connectivity index (χ1n) is 7.73. The molecule has 0 saturated heterocycles. The number of rotatable bonds is 3. The number of hydrogen-bond acceptors (Lipinski definition) is 3. The topological polar surface area (TPSA) is 36.4 Å². The average Bonchev–Trinajstić information content (AvgIpc) is 2.76. The van der Waals surface area contributed by atoms with Gasteiger partial charge >= 0.3 is 0 Å². The number of pyridine rings is 1. The van der Waals surface area contributed by atoms with Crippen molar-refractivity contribution in [2.45, 2.75) is 38.8 Å². The van der Waals surface area contributed by atoms with Crippen LogP contribution in [0.3, 0.4) is 0 Å². The van der Waals surface area contributed by atoms with E-state index < -0.39 is 6.10 Å². The minimum atomic E-state index is -0.455. The number of aromatic nitrogens is 1. The van der Waals surface area contributed by atoms with E-state index in [9.17, 15) is 5.11 Å². The summed E-state index contributed by atoms with van der Waals surface area (Å²) in [6.07, 6.45) is 4.44. The van der Waals surface area contributed by atoms with Crippen LogP contribution in [-0.4, -0.2) is 16.6 Å². The Balaban J connectivity index is 1.81. The lowest BCUT2D eigenvalue weighted by Gasteiger charge is -2.23. The predicted molar refractivity (Wildman–Crippen MR) is 85.3 cm³/mol. The quantitative estimate of drug-likeness (QED) is 0.936. The molecule has 0 bridgehead atoms. The molecule has 110 valence electrons. The highest BCUT2D eigenvalue weighted by Crippen LogP contribution is 2.24. The zero-order valence-corrected chi connectivity index (χ0v) is 12.5. The molecule has 0 saturated carbocycles. The average molecular weight is 282 g/mol. The lowest BCUT2D eigenvalue weighted by Crippen LogP contribution is -2.22. The summed E-state index contributed by atoms with van der Waals surface area (Å²) in [7, 11) is 0. The predicted octanol–water partition coefficient (Wildman–Crippen LogP) is 3.48. The van der Waals surface area contributed by atoms with Crippen LogP contribution in [0.1, 0.15) is 42.7 Å². The standard InChI is InChI=1S/C18H22N2O/c1-2-18(21)17-10-9-16(12-19-17)20-11-5-8-14-6-3-4-7-15(14)13-20/h3-4,6-7,9-10,12,18,21H,2,5,8,11,13H2,1H3/t18-/m0/s1. The van der Waals surface area contributed by atoms with Gasteiger partial charge < -0.3 is 10.0 Å². The van der Waals surface area contributed by atoms with Gasteiger partial charge in [0.15, 0.2) is 0 Å². The molecule has 3 rings (SSSR count). The molecule has 0 amide bonds. The normalized spacial score (nSPS) is 16.2. The number of benzene rings is 1. The van der Waals surface area contributed by atoms with E-state index in [1.54, 1.807) is 0 Å². The minimum Gasteiger partial charge on any atom is -0.387 e. The molecule has 0 unspecified atom stereocenters. The van der Waals surface area contributed by atoms with Gasteiger partial charge in [0.2, 0.25) is 0 Å². The largest absolute Gasteiger partial charge is 0.387 e. The molecule has 0 fully saturated rings. The maximum atomic E-state index is 9.83. The minimum absolute atomic E-state index is 0.455. The van der Waals surface area contributed by atoms with Gasteiger partial charge in [0.05, 0.1) is 23.7 Å². The summed E-state index contributed by atoms with van der Waals surface area (Å²) in [5.74, 6) is 0. The fraction of sp³-hybridized carbons (Fsp3) is 0.389. The van der Waals surface area contributed by atoms with Crippen molar-refractivity contribution in [1.29, 1.82) is 0 Å². The maximum absolute atomic E-state index is 9.83. The SMILES string of the molecule is CC[C@H](O)c1ccc(N2CCCc3ccccc3C2)cn1. The van der Waals surface area contributed by atoms with E-state index in [0.29, 0.717) is 6.42 Å². The van der Waals surface area contributed by atoms with E-state index in [4.69, 9.17) is 0 Å². The van der Waals surface area contributed by atoms with Gasteiger partial charge in [0.1, 0.15) is 0 Å². The second-order valence-corrected chi connectivity index (χ2v) is 5.66. The first-order valence-corrected chi connectivity index (χ1v) is 7.73. The van der Waals surface area contributed by atoms with Crippen molar-refractivity contribution < 1.29 is 5.11 Å². The highest BCUT2D eigenvalue weighted by Gasteiger charge is 2.15. The Morgan fingerprint density at radius 2 is 2.00 bits per heavy atom. The van der Waals surface area contributed by atoms with Gasteiger partial charge in [0, 0.05) is 13.1 Å². The van der Waals surface area contributed by atoms with Crippen LogP contribution in [0.2, 0.25) is 0 Å². The third-order valence-corrected chi connectivity index (χ3v) is 4.22. The molecule has 3 heteroatoms. The molecule has 3 nitrogen and oxygen atoms in total. The van der Waals surface area contributed by atoms with Gasteiger partial charge in [-0.25, -0.2) is 0 Å². The molecule has 0 radical (unpaired) electrons. The molecular formula is C18H22N2O. The van der Waals surface area contributed by atoms with E-state index in [0.717, 1.165) is 37.3 Å². The molecule has 1 aromatic carbocycles. The van der Waals surface area contributed by atoms with Gasteiger partial charge in [-0.05, 0) is 42.5 Å². The third kappa shape index (κ3) is 3.08. The summed E-state index contributed by atoms with van der Waals surface area (Å²) in [4.78, 5) is 6.80. The van der Waals surface area contributed by atoms with Crippen LogP contribution in [0.5, 0.6) is 0 Å². The lowest BCUT2D eigenvalue weighted by molar-refractivity contribution is 0.169. The van der Waals surface area contributed by atoms with Crippen molar-refractivity contribution in [1.82, 2.24) is 4.98 Å². The zero-order chi connectivity index (χ0) is 14.7. The fourth-order valence-electron chi connectivity index (χ4n) is 2.91. The van der Waals surface area contributed by atoms with E-state index in [1.165, 1.54) is 11.1 Å². The molecular weight excluding hydrogens is 260 g/mol. The number of fused-ring (bicyclic) bond motifs is 1. The van der Waals surface area contributed by atoms with E-state index >= 15 is 0 Å². The Kier molecular flexibility index (Phi) is 4.20. The number of aliphatic hydroxyl groups is 1. The molecule has 1 aromatic heterocycles. The van der Waals surface area contributed by atoms with Gasteiger partial charge in [-0.3, -0.25) is 4.98 Å². The first kappa shape index (κ1) is 14.1. The van der Waals surface area contributed by atoms with Gasteiger partial charge in [-0.2, -0.15) is 0 Å². The molecule has 2 aromatic rings. The molecule has 1 aliphatic heterocycles. The van der Waals surface area contributed by atoms with E-state index in [1.807, 2.05) is 19.2 Å². The molecule has 1 aliphatic rings. The van der Waals surface area contributed by atoms with Crippen molar-refractivity contribution >= 4 is 5.69 Å². The van der Waals surface area contributed by atoms with Crippen molar-refractivity contribution in [2.75, 3.05) is 11.4 Å².